The van der Waals surface area contributed by atoms with Gasteiger partial charge in [0.1, 0.15) is 30.7 Å². The van der Waals surface area contributed by atoms with Crippen molar-refractivity contribution in [3.8, 4) is 0 Å². The molecule has 7 nitrogen and oxygen atoms in total. The van der Waals surface area contributed by atoms with E-state index in [9.17, 15) is 4.79 Å². The van der Waals surface area contributed by atoms with Crippen LogP contribution in [-0.2, 0) is 6.54 Å². The van der Waals surface area contributed by atoms with Crippen molar-refractivity contribution < 1.29 is 11.9 Å². The van der Waals surface area contributed by atoms with Crippen LogP contribution in [0.3, 0.4) is 0 Å². The maximum Gasteiger partial charge on any atom is 0.320 e. The molecule has 41 heavy (non-hydrogen) atoms. The summed E-state index contributed by atoms with van der Waals surface area (Å²) < 4.78 is 18.2. The van der Waals surface area contributed by atoms with Crippen LogP contribution in [0.15, 0.2) is 71.9 Å². The maximum absolute atomic E-state index is 15.2. The summed E-state index contributed by atoms with van der Waals surface area (Å²) >= 11 is -0.547. The number of nitrogens with two attached hydrogens (primary N) is 1. The predicted octanol–water partition coefficient (Wildman–Crippen LogP) is 5.26. The number of alkyl halides is 1. The second kappa shape index (κ2) is 12.4. The van der Waals surface area contributed by atoms with Crippen LogP contribution in [0.2, 0.25) is 0 Å². The monoisotopic (exact) mass is 673 g/mol. The molecule has 0 radical (unpaired) electrons. The Hall–Kier alpha value is -2.47. The van der Waals surface area contributed by atoms with E-state index in [4.69, 9.17) is 10.7 Å². The normalized spacial score (nSPS) is 24.8. The summed E-state index contributed by atoms with van der Waals surface area (Å²) in [4.78, 5) is 25.6. The van der Waals surface area contributed by atoms with E-state index >= 15 is 4.39 Å². The number of carbonyl (C=O) groups is 1. The number of benzene rings is 2. The maximum atomic E-state index is 15.2. The summed E-state index contributed by atoms with van der Waals surface area (Å²) in [6.07, 6.45) is 2.78. The average Bonchev–Trinajstić information content (AvgIpc) is 3.35. The highest BCUT2D eigenvalue weighted by atomic mass is 127. The Balaban J connectivity index is 1.58. The van der Waals surface area contributed by atoms with Gasteiger partial charge in [-0.3, -0.25) is 0 Å². The van der Waals surface area contributed by atoms with Crippen LogP contribution >= 0.6 is 21.0 Å². The van der Waals surface area contributed by atoms with Gasteiger partial charge in [-0.15, -0.1) is 0 Å². The number of piperidine rings is 1. The Morgan fingerprint density at radius 2 is 1.76 bits per heavy atom. The first kappa shape index (κ1) is 30.0. The molecule has 2 N–H and O–H groups in total. The Bertz CT molecular complexity index is 1310. The Labute approximate surface area is 254 Å². The van der Waals surface area contributed by atoms with Crippen molar-refractivity contribution in [2.75, 3.05) is 40.3 Å². The third-order valence-corrected chi connectivity index (χ3v) is 12.4. The SMILES string of the molecule is CN(C)C1CCN(C(=O)N(CC(F)CN)[C@H]2C3=NC(c4ccccc4)=C[N+]3(Cc3ccccc3)I=CC2(C)C)CC1. The van der Waals surface area contributed by atoms with Gasteiger partial charge in [0, 0.05) is 46.2 Å². The zero-order chi connectivity index (χ0) is 29.2. The topological polar surface area (TPSA) is 65.2 Å². The Morgan fingerprint density at radius 1 is 1.12 bits per heavy atom. The van der Waals surface area contributed by atoms with Crippen molar-refractivity contribution in [1.29, 1.82) is 0 Å². The van der Waals surface area contributed by atoms with Gasteiger partial charge in [-0.25, -0.2) is 9.18 Å². The van der Waals surface area contributed by atoms with Crippen molar-refractivity contribution in [2.24, 2.45) is 16.1 Å². The molecule has 1 saturated heterocycles. The Kier molecular flexibility index (Phi) is 9.08. The van der Waals surface area contributed by atoms with Crippen LogP contribution in [0, 0.1) is 5.41 Å². The molecule has 220 valence electrons. The molecule has 9 heteroatoms. The van der Waals surface area contributed by atoms with E-state index in [0.29, 0.717) is 21.8 Å². The standard InChI is InChI=1S/C32H43FIN6O/c1-32(2)23-34-40(21-24-11-7-5-8-12-24)22-28(25-13-9-6-10-14-25)36-30(40)29(32)39(20-26(33)19-35)31(41)38-17-15-27(16-18-38)37(3)4/h5-14,22-23,26-27,29H,15-21,35H2,1-4H3/q+1/t26?,29-,40?/m0/s1. The van der Waals surface area contributed by atoms with Crippen molar-refractivity contribution in [3.05, 3.63) is 78.0 Å². The van der Waals surface area contributed by atoms with Gasteiger partial charge < -0.3 is 20.4 Å². The van der Waals surface area contributed by atoms with Gasteiger partial charge in [0.25, 0.3) is 0 Å². The molecule has 5 rings (SSSR count). The van der Waals surface area contributed by atoms with Gasteiger partial charge in [0.05, 0.1) is 6.54 Å². The molecule has 1 fully saturated rings. The number of hydrogen-bond donors (Lipinski definition) is 1. The summed E-state index contributed by atoms with van der Waals surface area (Å²) in [5.41, 5.74) is 8.61. The van der Waals surface area contributed by atoms with Crippen LogP contribution in [0.25, 0.3) is 5.70 Å². The first-order valence-corrected chi connectivity index (χ1v) is 16.7. The highest BCUT2D eigenvalue weighted by Gasteiger charge is 2.55. The predicted molar refractivity (Wildman–Crippen MR) is 174 cm³/mol. The molecule has 2 aromatic rings. The first-order chi connectivity index (χ1) is 19.6. The Morgan fingerprint density at radius 3 is 2.37 bits per heavy atom. The number of quaternary nitrogens is 1. The molecular formula is C32H43FIN6O+. The fourth-order valence-electron chi connectivity index (χ4n) is 6.08. The lowest BCUT2D eigenvalue weighted by Crippen LogP contribution is -2.65. The number of carbonyl (C=O) groups excluding carboxylic acids is 1. The van der Waals surface area contributed by atoms with Gasteiger partial charge in [-0.05, 0) is 26.9 Å². The fourth-order valence-corrected chi connectivity index (χ4v) is 9.31. The summed E-state index contributed by atoms with van der Waals surface area (Å²) in [6.45, 7) is 6.24. The summed E-state index contributed by atoms with van der Waals surface area (Å²) in [7, 11) is 4.18. The number of halogens is 2. The minimum absolute atomic E-state index is 0.0474. The summed E-state index contributed by atoms with van der Waals surface area (Å²) in [5.74, 6) is 0.939. The molecule has 2 aromatic carbocycles. The third-order valence-electron chi connectivity index (χ3n) is 8.39. The van der Waals surface area contributed by atoms with Crippen LogP contribution in [0.4, 0.5) is 9.18 Å². The zero-order valence-electron chi connectivity index (χ0n) is 24.6. The molecule has 0 bridgehead atoms. The second-order valence-electron chi connectivity index (χ2n) is 12.1. The minimum Gasteiger partial charge on any atom is -0.328 e. The lowest BCUT2D eigenvalue weighted by molar-refractivity contribution is -0.607. The quantitative estimate of drug-likeness (QED) is 0.308. The number of nitrogens with zero attached hydrogens (tertiary/aromatic N) is 5. The molecule has 2 unspecified atom stereocenters. The molecule has 3 aliphatic heterocycles. The number of amidine groups is 1. The van der Waals surface area contributed by atoms with Crippen LogP contribution in [0.1, 0.15) is 37.8 Å². The van der Waals surface area contributed by atoms with Gasteiger partial charge in [-0.1, -0.05) is 74.5 Å². The average molecular weight is 674 g/mol. The lowest BCUT2D eigenvalue weighted by Gasteiger charge is -2.47. The summed E-state index contributed by atoms with van der Waals surface area (Å²) in [5, 5.41) is 0. The molecule has 0 aliphatic carbocycles. The first-order valence-electron chi connectivity index (χ1n) is 14.5. The van der Waals surface area contributed by atoms with Gasteiger partial charge in [-0.2, -0.15) is 7.69 Å². The number of amides is 2. The van der Waals surface area contributed by atoms with Gasteiger partial charge in [0.2, 0.25) is 5.84 Å². The zero-order valence-corrected chi connectivity index (χ0v) is 26.7. The molecule has 0 spiro atoms. The number of fused-ring (bicyclic) bond motifs is 1. The van der Waals surface area contributed by atoms with Crippen molar-refractivity contribution in [1.82, 2.24) is 14.7 Å². The molecule has 0 saturated carbocycles. The van der Waals surface area contributed by atoms with E-state index in [-0.39, 0.29) is 24.5 Å². The van der Waals surface area contributed by atoms with E-state index < -0.39 is 33.2 Å². The van der Waals surface area contributed by atoms with Gasteiger partial charge >= 0.3 is 6.03 Å². The molecular weight excluding hydrogens is 630 g/mol. The van der Waals surface area contributed by atoms with Crippen LogP contribution in [0.5, 0.6) is 0 Å². The van der Waals surface area contributed by atoms with E-state index in [2.05, 4.69) is 79.5 Å². The summed E-state index contributed by atoms with van der Waals surface area (Å²) in [6, 6.07) is 20.6. The fraction of sp³-hybridized carbons (Fsp3) is 0.469. The highest BCUT2D eigenvalue weighted by Crippen LogP contribution is 2.47. The molecule has 2 amide bonds. The number of aliphatic imine (C=N–C) groups is 1. The van der Waals surface area contributed by atoms with Crippen molar-refractivity contribution in [3.63, 3.8) is 0 Å². The largest absolute Gasteiger partial charge is 0.328 e. The van der Waals surface area contributed by atoms with Crippen molar-refractivity contribution in [2.45, 2.75) is 51.5 Å². The molecule has 3 aliphatic rings. The third kappa shape index (κ3) is 6.33. The number of rotatable bonds is 8. The second-order valence-corrected chi connectivity index (χ2v) is 15.0. The molecule has 3 heterocycles. The highest BCUT2D eigenvalue weighted by molar-refractivity contribution is 14.1. The van der Waals surface area contributed by atoms with E-state index in [1.165, 1.54) is 5.56 Å². The van der Waals surface area contributed by atoms with Crippen molar-refractivity contribution >= 4 is 42.6 Å². The molecule has 0 aromatic heterocycles. The van der Waals surface area contributed by atoms with E-state index in [0.717, 1.165) is 36.5 Å². The van der Waals surface area contributed by atoms with Gasteiger partial charge in [0.15, 0.2) is 21.0 Å². The van der Waals surface area contributed by atoms with E-state index in [1.54, 1.807) is 4.90 Å². The smallest absolute Gasteiger partial charge is 0.320 e. The number of hydrogen-bond acceptors (Lipinski definition) is 4. The number of likely N-dealkylation sites (tertiary alicyclic amines) is 1. The minimum atomic E-state index is -1.31. The lowest BCUT2D eigenvalue weighted by atomic mass is 9.84. The van der Waals surface area contributed by atoms with Crippen LogP contribution in [-0.4, -0.2) is 91.8 Å². The number of urea groups is 1. The van der Waals surface area contributed by atoms with Crippen LogP contribution < -0.4 is 5.73 Å². The molecule has 3 atom stereocenters. The van der Waals surface area contributed by atoms with E-state index in [1.807, 2.05) is 29.2 Å².